The third kappa shape index (κ3) is 27.5. The van der Waals surface area contributed by atoms with Crippen molar-refractivity contribution in [1.82, 2.24) is 25.3 Å². The van der Waals surface area contributed by atoms with Crippen molar-refractivity contribution in [3.8, 4) is 0 Å². The predicted octanol–water partition coefficient (Wildman–Crippen LogP) is 1.89. The molecule has 0 saturated heterocycles. The second-order valence-corrected chi connectivity index (χ2v) is 22.1. The molecule has 1 aromatic rings. The van der Waals surface area contributed by atoms with Crippen LogP contribution in [0.25, 0.3) is 0 Å². The molecule has 0 saturated carbocycles. The minimum absolute atomic E-state index is 0.0464. The van der Waals surface area contributed by atoms with Crippen molar-refractivity contribution in [3.05, 3.63) is 102 Å². The molecule has 2 aliphatic heterocycles. The van der Waals surface area contributed by atoms with Gasteiger partial charge in [-0.15, -0.1) is 0 Å². The van der Waals surface area contributed by atoms with Crippen molar-refractivity contribution in [1.29, 1.82) is 0 Å². The number of phosphoric acid groups is 1. The number of nitrogens with zero attached hydrogens (tertiary/aromatic N) is 3. The van der Waals surface area contributed by atoms with Gasteiger partial charge in [0.25, 0.3) is 19.6 Å². The Morgan fingerprint density at radius 3 is 2.10 bits per heavy atom. The van der Waals surface area contributed by atoms with E-state index in [4.69, 9.17) is 34.2 Å². The normalized spacial score (nSPS) is 17.7. The number of likely N-dealkylation sites (N-methyl/N-ethyl adjacent to an activating group) is 2. The number of likely N-dealkylation sites (tertiary alicyclic amines) is 1. The minimum atomic E-state index is -5.35. The Balaban J connectivity index is 1.12. The molecular formula is C58H81N7O21P-. The summed E-state index contributed by atoms with van der Waals surface area (Å²) in [5.41, 5.74) is 5.42. The zero-order valence-electron chi connectivity index (χ0n) is 49.5. The van der Waals surface area contributed by atoms with E-state index >= 15 is 0 Å². The van der Waals surface area contributed by atoms with Crippen LogP contribution in [0, 0.1) is 5.92 Å². The molecular weight excluding hydrogens is 1160 g/mol. The third-order valence-corrected chi connectivity index (χ3v) is 13.9. The van der Waals surface area contributed by atoms with E-state index < -0.39 is 92.0 Å². The highest BCUT2D eigenvalue weighted by molar-refractivity contribution is 7.44. The maximum absolute atomic E-state index is 13.6. The van der Waals surface area contributed by atoms with E-state index in [9.17, 15) is 67.7 Å². The lowest BCUT2D eigenvalue weighted by atomic mass is 9.93. The lowest BCUT2D eigenvalue weighted by Gasteiger charge is -2.34. The first-order valence-electron chi connectivity index (χ1n) is 28.3. The van der Waals surface area contributed by atoms with Crippen LogP contribution in [-0.2, 0) is 77.7 Å². The maximum atomic E-state index is 13.6. The second-order valence-electron chi connectivity index (χ2n) is 21.0. The molecule has 28 nitrogen and oxygen atoms in total. The largest absolute Gasteiger partial charge is 0.756 e. The number of piperidine rings is 1. The maximum Gasteiger partial charge on any atom is 0.409 e. The molecule has 0 aromatic heterocycles. The summed E-state index contributed by atoms with van der Waals surface area (Å²) in [6.45, 7) is 5.97. The SMILES string of the molecule is CC(C)[C@H](NC(=O)CCOCCOCCOCCN1C(=O)C2=C(C2)C1=O)C(=O)N[C@@H](CCCCC(N)=O)C(=O)Nc1ccc(COC(=O)N(C)CCN(C)C(=O)OC\C=C/C=C\C=C/[C@@H](O)C[C@H](OP(=O)([O-])O)[C@@](C)(O)/C=C/[C@@H]2CC=CC(=O)O2)cc1. The second kappa shape index (κ2) is 36.7. The van der Waals surface area contributed by atoms with Crippen molar-refractivity contribution < 1.29 is 101 Å². The van der Waals surface area contributed by atoms with Gasteiger partial charge in [0.2, 0.25) is 23.6 Å². The summed E-state index contributed by atoms with van der Waals surface area (Å²) in [6, 6.07) is 4.36. The predicted molar refractivity (Wildman–Crippen MR) is 310 cm³/mol. The number of carbonyl (C=O) groups is 9. The van der Waals surface area contributed by atoms with Crippen LogP contribution in [0.2, 0.25) is 0 Å². The van der Waals surface area contributed by atoms with Crippen LogP contribution in [0.4, 0.5) is 15.3 Å². The van der Waals surface area contributed by atoms with Gasteiger partial charge in [-0.05, 0) is 55.5 Å². The van der Waals surface area contributed by atoms with E-state index in [2.05, 4.69) is 20.5 Å². The summed E-state index contributed by atoms with van der Waals surface area (Å²) < 4.78 is 48.4. The van der Waals surface area contributed by atoms with E-state index in [1.54, 1.807) is 56.3 Å². The van der Waals surface area contributed by atoms with Crippen molar-refractivity contribution in [2.75, 3.05) is 85.3 Å². The average Bonchev–Trinajstić information content (AvgIpc) is 1.64. The number of hydrogen-bond donors (Lipinski definition) is 7. The summed E-state index contributed by atoms with van der Waals surface area (Å²) in [5.74, 6) is -3.56. The van der Waals surface area contributed by atoms with Gasteiger partial charge >= 0.3 is 18.2 Å². The highest BCUT2D eigenvalue weighted by Gasteiger charge is 2.47. The number of aliphatic hydroxyl groups is 2. The molecule has 87 heavy (non-hydrogen) atoms. The summed E-state index contributed by atoms with van der Waals surface area (Å²) in [6.07, 6.45) is 10.4. The molecule has 1 aromatic carbocycles. The number of aliphatic hydroxyl groups excluding tert-OH is 1. The molecule has 7 atom stereocenters. The smallest absolute Gasteiger partial charge is 0.409 e. The molecule has 8 amide bonds. The summed E-state index contributed by atoms with van der Waals surface area (Å²) in [7, 11) is -2.38. The van der Waals surface area contributed by atoms with Crippen LogP contribution in [0.1, 0.15) is 77.7 Å². The number of cyclic esters (lactones) is 1. The standard InChI is InChI=1S/C58H82N7O21P/c1-39(2)51(62-49(68)24-30-80-32-34-82-35-33-81-31-28-65-54(72)44-37-45(44)55(65)73)53(71)61-46(16-10-11-17-48(59)67)52(70)60-41-21-19-40(20-22-41)38-84-57(75)64(5)27-26-63(4)56(74)83-29-12-8-6-7-9-14-42(66)36-47(86-87(77,78)79)58(3,76)25-23-43-15-13-18-50(69)85-43/h6-9,12-14,18-23,25,39,42-43,46-47,51,66,76H,10-11,15-17,24,26-38H2,1-5H3,(H2,59,67)(H,60,70)(H,61,71)(H,62,68)(H2,77,78,79)/p-1/b7-6-,12-8-,14-9-,25-23+/t42-,43+,46+,47+,51+,58+/m1/s1. The molecule has 0 bridgehead atoms. The van der Waals surface area contributed by atoms with Crippen LogP contribution >= 0.6 is 7.82 Å². The Labute approximate surface area is 504 Å². The van der Waals surface area contributed by atoms with Crippen LogP contribution in [0.5, 0.6) is 0 Å². The number of primary amides is 1. The van der Waals surface area contributed by atoms with Crippen LogP contribution in [0.3, 0.4) is 0 Å². The Kier molecular flexibility index (Phi) is 30.4. The number of hydrogen-bond acceptors (Lipinski definition) is 20. The van der Waals surface area contributed by atoms with Gasteiger partial charge in [-0.2, -0.15) is 0 Å². The molecule has 1 unspecified atom stereocenters. The number of nitrogens with two attached hydrogens (primary N) is 1. The van der Waals surface area contributed by atoms with E-state index in [-0.39, 0.29) is 109 Å². The van der Waals surface area contributed by atoms with E-state index in [0.717, 1.165) is 6.08 Å². The summed E-state index contributed by atoms with van der Waals surface area (Å²) in [5, 5.41) is 29.7. The molecule has 0 radical (unpaired) electrons. The van der Waals surface area contributed by atoms with Gasteiger partial charge in [-0.25, -0.2) is 14.4 Å². The van der Waals surface area contributed by atoms with Gasteiger partial charge in [0.05, 0.1) is 52.3 Å². The first-order chi connectivity index (χ1) is 41.2. The molecule has 29 heteroatoms. The van der Waals surface area contributed by atoms with Gasteiger partial charge < -0.3 is 84.4 Å². The Hall–Kier alpha value is -7.40. The number of rotatable bonds is 40. The first-order valence-corrected chi connectivity index (χ1v) is 29.8. The topological polar surface area (TPSA) is 391 Å². The Morgan fingerprint density at radius 1 is 0.862 bits per heavy atom. The highest BCUT2D eigenvalue weighted by Crippen LogP contribution is 2.40. The highest BCUT2D eigenvalue weighted by atomic mass is 31.2. The van der Waals surface area contributed by atoms with Crippen molar-refractivity contribution in [3.63, 3.8) is 0 Å². The van der Waals surface area contributed by atoms with Crippen molar-refractivity contribution in [2.24, 2.45) is 11.7 Å². The van der Waals surface area contributed by atoms with Gasteiger partial charge in [0.1, 0.15) is 43.1 Å². The molecule has 0 fully saturated rings. The van der Waals surface area contributed by atoms with E-state index in [0.29, 0.717) is 48.1 Å². The monoisotopic (exact) mass is 1240 g/mol. The molecule has 4 rings (SSSR count). The lowest BCUT2D eigenvalue weighted by molar-refractivity contribution is -0.230. The number of esters is 1. The fourth-order valence-electron chi connectivity index (χ4n) is 8.23. The zero-order valence-corrected chi connectivity index (χ0v) is 50.4. The van der Waals surface area contributed by atoms with Gasteiger partial charge in [-0.1, -0.05) is 74.9 Å². The summed E-state index contributed by atoms with van der Waals surface area (Å²) >= 11 is 0. The van der Waals surface area contributed by atoms with E-state index in [1.165, 1.54) is 72.2 Å². The third-order valence-electron chi connectivity index (χ3n) is 13.3. The number of phosphoric ester groups is 1. The number of amides is 8. The molecule has 480 valence electrons. The Bertz CT molecular complexity index is 2730. The first kappa shape index (κ1) is 72.1. The molecule has 1 aliphatic carbocycles. The average molecular weight is 1240 g/mol. The number of ether oxygens (including phenoxy) is 6. The summed E-state index contributed by atoms with van der Waals surface area (Å²) in [4.78, 5) is 137. The molecule has 3 aliphatic rings. The molecule has 2 heterocycles. The number of allylic oxidation sites excluding steroid dienone is 4. The number of carbonyl (C=O) groups excluding carboxylic acids is 9. The van der Waals surface area contributed by atoms with E-state index in [1.807, 2.05) is 0 Å². The number of imide groups is 1. The van der Waals surface area contributed by atoms with Crippen LogP contribution in [0.15, 0.2) is 96.2 Å². The Morgan fingerprint density at radius 2 is 1.48 bits per heavy atom. The molecule has 0 spiro atoms. The van der Waals surface area contributed by atoms with Crippen molar-refractivity contribution in [2.45, 2.75) is 115 Å². The fraction of sp³-hybridized carbons (Fsp3) is 0.534. The number of unbranched alkanes of at least 4 members (excludes halogenated alkanes) is 1. The fourth-order valence-corrected chi connectivity index (χ4v) is 8.85. The number of anilines is 1. The zero-order chi connectivity index (χ0) is 64.1. The lowest BCUT2D eigenvalue weighted by Crippen LogP contribution is -2.54. The number of benzene rings is 1. The quantitative estimate of drug-likeness (QED) is 0.00938. The van der Waals surface area contributed by atoms with Crippen molar-refractivity contribution >= 4 is 67.1 Å². The van der Waals surface area contributed by atoms with Gasteiger partial charge in [0, 0.05) is 82.2 Å². The minimum Gasteiger partial charge on any atom is -0.756 e. The van der Waals surface area contributed by atoms with Gasteiger partial charge in [-0.3, -0.25) is 38.2 Å². The van der Waals surface area contributed by atoms with Gasteiger partial charge in [0.15, 0.2) is 0 Å². The van der Waals surface area contributed by atoms with Crippen LogP contribution < -0.4 is 26.6 Å². The van der Waals surface area contributed by atoms with Crippen LogP contribution in [-0.4, -0.2) is 199 Å². The molecule has 8 N–H and O–H groups in total. The number of nitrogens with one attached hydrogen (secondary N) is 3.